The van der Waals surface area contributed by atoms with Crippen molar-refractivity contribution < 1.29 is 37.8 Å². The fourth-order valence-corrected chi connectivity index (χ4v) is 2.96. The van der Waals surface area contributed by atoms with Gasteiger partial charge in [-0.3, -0.25) is 24.0 Å². The molecule has 0 aliphatic carbocycles. The summed E-state index contributed by atoms with van der Waals surface area (Å²) < 4.78 is 23.2. The first-order chi connectivity index (χ1) is 15.1. The number of carbonyl (C=O) groups excluding carboxylic acids is 5. The van der Waals surface area contributed by atoms with Crippen molar-refractivity contribution in [3.63, 3.8) is 0 Å². The molecule has 0 aliphatic heterocycles. The Kier molecular flexibility index (Phi) is 10.8. The van der Waals surface area contributed by atoms with Crippen LogP contribution in [-0.2, 0) is 39.9 Å². The maximum Gasteiger partial charge on any atom is 0.312 e. The molecule has 0 heterocycles. The van der Waals surface area contributed by atoms with Crippen molar-refractivity contribution in [2.45, 2.75) is 45.7 Å². The van der Waals surface area contributed by atoms with Gasteiger partial charge in [0.15, 0.2) is 0 Å². The van der Waals surface area contributed by atoms with E-state index in [2.05, 4.69) is 10.6 Å². The van der Waals surface area contributed by atoms with Crippen LogP contribution in [-0.4, -0.2) is 55.0 Å². The number of carbonyl (C=O) groups is 5. The molecule has 0 saturated carbocycles. The number of nitrogens with two attached hydrogens (primary N) is 1. The van der Waals surface area contributed by atoms with Crippen molar-refractivity contribution >= 4 is 29.7 Å². The number of hydrogen-bond donors (Lipinski definition) is 3. The Hall–Kier alpha value is -3.50. The van der Waals surface area contributed by atoms with E-state index in [-0.39, 0.29) is 19.6 Å². The number of hydrogen-bond acceptors (Lipinski definition) is 7. The molecule has 10 nitrogen and oxygen atoms in total. The second kappa shape index (κ2) is 13.0. The summed E-state index contributed by atoms with van der Waals surface area (Å²) in [4.78, 5) is 60.9. The third-order valence-corrected chi connectivity index (χ3v) is 4.31. The molecule has 0 saturated heterocycles. The fourth-order valence-electron chi connectivity index (χ4n) is 2.96. The lowest BCUT2D eigenvalue weighted by molar-refractivity contribution is -0.157. The maximum atomic E-state index is 13.5. The number of halogens is 1. The van der Waals surface area contributed by atoms with Crippen molar-refractivity contribution in [1.29, 1.82) is 0 Å². The standard InChI is InChI=1S/C21H28FN3O7/c1-4-31-17(27)11-15(21(30)32-5-2)18(19(23)28)25-20(29)16(24-12(3)26)10-13-7-6-8-14(22)9-13/h6-9,15-16,18H,4-5,10-11H2,1-3H3,(H2,23,28)(H,24,26)(H,25,29)/t15-,16+,18-/m1/s1. The summed E-state index contributed by atoms with van der Waals surface area (Å²) in [6, 6.07) is 2.58. The van der Waals surface area contributed by atoms with Gasteiger partial charge in [0, 0.05) is 13.3 Å². The molecule has 0 aromatic heterocycles. The predicted molar refractivity (Wildman–Crippen MR) is 110 cm³/mol. The van der Waals surface area contributed by atoms with Crippen LogP contribution >= 0.6 is 0 Å². The lowest BCUT2D eigenvalue weighted by Gasteiger charge is -2.26. The van der Waals surface area contributed by atoms with E-state index in [1.54, 1.807) is 13.0 Å². The molecule has 4 N–H and O–H groups in total. The summed E-state index contributed by atoms with van der Waals surface area (Å²) in [5.41, 5.74) is 5.80. The minimum absolute atomic E-state index is 0.0360. The van der Waals surface area contributed by atoms with Crippen LogP contribution in [0.25, 0.3) is 0 Å². The topological polar surface area (TPSA) is 154 Å². The molecule has 176 valence electrons. The smallest absolute Gasteiger partial charge is 0.312 e. The molecule has 0 aliphatic rings. The van der Waals surface area contributed by atoms with Crippen molar-refractivity contribution in [3.05, 3.63) is 35.6 Å². The first-order valence-corrected chi connectivity index (χ1v) is 10.0. The zero-order valence-electron chi connectivity index (χ0n) is 18.2. The minimum atomic E-state index is -1.62. The first-order valence-electron chi connectivity index (χ1n) is 10.0. The lowest BCUT2D eigenvalue weighted by Crippen LogP contribution is -2.57. The third kappa shape index (κ3) is 8.70. The van der Waals surface area contributed by atoms with Crippen molar-refractivity contribution in [2.75, 3.05) is 13.2 Å². The number of rotatable bonds is 12. The zero-order chi connectivity index (χ0) is 24.3. The van der Waals surface area contributed by atoms with Gasteiger partial charge >= 0.3 is 11.9 Å². The van der Waals surface area contributed by atoms with Crippen molar-refractivity contribution in [3.8, 4) is 0 Å². The highest BCUT2D eigenvalue weighted by Crippen LogP contribution is 2.15. The van der Waals surface area contributed by atoms with Gasteiger partial charge in [-0.1, -0.05) is 12.1 Å². The Morgan fingerprint density at radius 1 is 1.06 bits per heavy atom. The van der Waals surface area contributed by atoms with Crippen LogP contribution < -0.4 is 16.4 Å². The monoisotopic (exact) mass is 453 g/mol. The molecule has 0 fully saturated rings. The van der Waals surface area contributed by atoms with Gasteiger partial charge in [-0.05, 0) is 31.5 Å². The highest BCUT2D eigenvalue weighted by Gasteiger charge is 2.38. The molecule has 3 amide bonds. The van der Waals surface area contributed by atoms with Gasteiger partial charge < -0.3 is 25.8 Å². The summed E-state index contributed by atoms with van der Waals surface area (Å²) in [5.74, 6) is -6.18. The number of esters is 2. The number of amides is 3. The molecule has 0 unspecified atom stereocenters. The fraction of sp³-hybridized carbons (Fsp3) is 0.476. The summed E-state index contributed by atoms with van der Waals surface area (Å²) in [6.45, 7) is 4.28. The van der Waals surface area contributed by atoms with E-state index < -0.39 is 59.9 Å². The lowest BCUT2D eigenvalue weighted by atomic mass is 9.94. The molecule has 11 heteroatoms. The largest absolute Gasteiger partial charge is 0.466 e. The van der Waals surface area contributed by atoms with Crippen LogP contribution in [0.15, 0.2) is 24.3 Å². The van der Waals surface area contributed by atoms with Crippen LogP contribution in [0.5, 0.6) is 0 Å². The summed E-state index contributed by atoms with van der Waals surface area (Å²) in [7, 11) is 0. The predicted octanol–water partition coefficient (Wildman–Crippen LogP) is -0.0245. The second-order valence-corrected chi connectivity index (χ2v) is 6.84. The van der Waals surface area contributed by atoms with Crippen LogP contribution in [0, 0.1) is 11.7 Å². The van der Waals surface area contributed by atoms with Crippen molar-refractivity contribution in [2.24, 2.45) is 11.7 Å². The molecular weight excluding hydrogens is 425 g/mol. The first kappa shape index (κ1) is 26.5. The average Bonchev–Trinajstić information content (AvgIpc) is 2.69. The van der Waals surface area contributed by atoms with E-state index in [1.165, 1.54) is 32.0 Å². The van der Waals surface area contributed by atoms with Crippen LogP contribution in [0.2, 0.25) is 0 Å². The number of ether oxygens (including phenoxy) is 2. The van der Waals surface area contributed by atoms with Gasteiger partial charge in [-0.25, -0.2) is 4.39 Å². The SMILES string of the molecule is CCOC(=O)C[C@@H](C(=O)OCC)[C@@H](NC(=O)[C@H](Cc1cccc(F)c1)NC(C)=O)C(N)=O. The summed E-state index contributed by atoms with van der Waals surface area (Å²) in [5, 5.41) is 4.73. The molecule has 32 heavy (non-hydrogen) atoms. The molecule has 3 atom stereocenters. The molecule has 0 bridgehead atoms. The van der Waals surface area contributed by atoms with Crippen LogP contribution in [0.3, 0.4) is 0 Å². The van der Waals surface area contributed by atoms with Crippen molar-refractivity contribution in [1.82, 2.24) is 10.6 Å². The van der Waals surface area contributed by atoms with E-state index in [0.29, 0.717) is 5.56 Å². The Morgan fingerprint density at radius 3 is 2.25 bits per heavy atom. The van der Waals surface area contributed by atoms with Gasteiger partial charge in [0.05, 0.1) is 25.6 Å². The third-order valence-electron chi connectivity index (χ3n) is 4.31. The quantitative estimate of drug-likeness (QED) is 0.376. The highest BCUT2D eigenvalue weighted by atomic mass is 19.1. The van der Waals surface area contributed by atoms with E-state index in [9.17, 15) is 28.4 Å². The highest BCUT2D eigenvalue weighted by molar-refractivity contribution is 5.95. The van der Waals surface area contributed by atoms with E-state index >= 15 is 0 Å². The Labute approximate surface area is 185 Å². The summed E-state index contributed by atoms with van der Waals surface area (Å²) >= 11 is 0. The molecular formula is C21H28FN3O7. The maximum absolute atomic E-state index is 13.5. The zero-order valence-corrected chi connectivity index (χ0v) is 18.2. The van der Waals surface area contributed by atoms with Gasteiger partial charge in [-0.2, -0.15) is 0 Å². The van der Waals surface area contributed by atoms with Crippen LogP contribution in [0.4, 0.5) is 4.39 Å². The second-order valence-electron chi connectivity index (χ2n) is 6.84. The van der Waals surface area contributed by atoms with Gasteiger partial charge in [0.1, 0.15) is 17.9 Å². The average molecular weight is 453 g/mol. The van der Waals surface area contributed by atoms with Crippen LogP contribution in [0.1, 0.15) is 32.8 Å². The van der Waals surface area contributed by atoms with Gasteiger partial charge in [-0.15, -0.1) is 0 Å². The van der Waals surface area contributed by atoms with Gasteiger partial charge in [0.25, 0.3) is 0 Å². The van der Waals surface area contributed by atoms with E-state index in [0.717, 1.165) is 0 Å². The number of nitrogens with one attached hydrogen (secondary N) is 2. The Bertz CT molecular complexity index is 846. The Balaban J connectivity index is 3.14. The molecule has 0 radical (unpaired) electrons. The Morgan fingerprint density at radius 2 is 1.72 bits per heavy atom. The molecule has 0 spiro atoms. The summed E-state index contributed by atoms with van der Waals surface area (Å²) in [6.07, 6.45) is -0.661. The van der Waals surface area contributed by atoms with Gasteiger partial charge in [0.2, 0.25) is 17.7 Å². The normalized spacial score (nSPS) is 13.2. The minimum Gasteiger partial charge on any atom is -0.466 e. The number of benzene rings is 1. The molecule has 1 rings (SSSR count). The van der Waals surface area contributed by atoms with E-state index in [4.69, 9.17) is 15.2 Å². The molecule has 1 aromatic rings. The number of primary amides is 1. The van der Waals surface area contributed by atoms with E-state index in [1.807, 2.05) is 0 Å². The molecule has 1 aromatic carbocycles.